The number of hydrogen-bond acceptors (Lipinski definition) is 4. The van der Waals surface area contributed by atoms with Gasteiger partial charge >= 0.3 is 0 Å². The second-order valence-corrected chi connectivity index (χ2v) is 4.74. The van der Waals surface area contributed by atoms with E-state index in [4.69, 9.17) is 4.74 Å². The molecule has 0 spiro atoms. The second kappa shape index (κ2) is 5.74. The van der Waals surface area contributed by atoms with Crippen molar-refractivity contribution in [2.75, 3.05) is 12.4 Å². The Hall–Kier alpha value is -2.35. The van der Waals surface area contributed by atoms with Gasteiger partial charge in [-0.2, -0.15) is 0 Å². The molecule has 7 nitrogen and oxygen atoms in total. The van der Waals surface area contributed by atoms with E-state index in [1.54, 1.807) is 18.2 Å². The highest BCUT2D eigenvalue weighted by atomic mass is 79.9. The third-order valence-electron chi connectivity index (χ3n) is 2.53. The summed E-state index contributed by atoms with van der Waals surface area (Å²) in [4.78, 5) is 24.5. The maximum Gasteiger partial charge on any atom is 0.287 e. The van der Waals surface area contributed by atoms with Crippen LogP contribution in [0.25, 0.3) is 0 Å². The van der Waals surface area contributed by atoms with Crippen molar-refractivity contribution in [3.05, 3.63) is 50.7 Å². The van der Waals surface area contributed by atoms with Crippen LogP contribution in [-0.4, -0.2) is 22.9 Å². The van der Waals surface area contributed by atoms with Gasteiger partial charge in [-0.15, -0.1) is 0 Å². The second-order valence-electron chi connectivity index (χ2n) is 3.83. The van der Waals surface area contributed by atoms with Crippen molar-refractivity contribution >= 4 is 33.2 Å². The van der Waals surface area contributed by atoms with E-state index in [1.807, 2.05) is 0 Å². The van der Waals surface area contributed by atoms with Crippen molar-refractivity contribution in [2.24, 2.45) is 0 Å². The minimum Gasteiger partial charge on any atom is -0.495 e. The number of ether oxygens (including phenoxy) is 1. The number of aromatic nitrogens is 1. The molecule has 0 fully saturated rings. The molecule has 20 heavy (non-hydrogen) atoms. The third-order valence-corrected chi connectivity index (χ3v) is 3.03. The summed E-state index contributed by atoms with van der Waals surface area (Å²) in [6.45, 7) is 0. The summed E-state index contributed by atoms with van der Waals surface area (Å²) in [6, 6.07) is 6.30. The van der Waals surface area contributed by atoms with Crippen molar-refractivity contribution < 1.29 is 14.5 Å². The fourth-order valence-corrected chi connectivity index (χ4v) is 1.95. The van der Waals surface area contributed by atoms with E-state index in [-0.39, 0.29) is 11.4 Å². The standard InChI is InChI=1S/C12H10BrN3O4/c1-20-11-3-2-7(13)4-9(11)15-12(17)10-5-8(6-14-10)16(18)19/h2-6,14H,1H3,(H,15,17). The summed E-state index contributed by atoms with van der Waals surface area (Å²) in [5, 5.41) is 13.2. The van der Waals surface area contributed by atoms with Crippen molar-refractivity contribution in [3.63, 3.8) is 0 Å². The van der Waals surface area contributed by atoms with Gasteiger partial charge in [-0.25, -0.2) is 0 Å². The van der Waals surface area contributed by atoms with E-state index in [1.165, 1.54) is 13.2 Å². The minimum absolute atomic E-state index is 0.0960. The SMILES string of the molecule is COc1ccc(Br)cc1NC(=O)c1cc([N+](=O)[O-])c[nH]1. The van der Waals surface area contributed by atoms with Gasteiger partial charge in [0, 0.05) is 10.5 Å². The lowest BCUT2D eigenvalue weighted by molar-refractivity contribution is -0.384. The zero-order chi connectivity index (χ0) is 14.7. The van der Waals surface area contributed by atoms with Crippen LogP contribution in [0.2, 0.25) is 0 Å². The molecule has 2 N–H and O–H groups in total. The molecule has 1 heterocycles. The average Bonchev–Trinajstić information content (AvgIpc) is 2.89. The van der Waals surface area contributed by atoms with Crippen molar-refractivity contribution in [1.29, 1.82) is 0 Å². The first-order valence-corrected chi connectivity index (χ1v) is 6.28. The van der Waals surface area contributed by atoms with E-state index in [9.17, 15) is 14.9 Å². The number of methoxy groups -OCH3 is 1. The smallest absolute Gasteiger partial charge is 0.287 e. The highest BCUT2D eigenvalue weighted by Crippen LogP contribution is 2.28. The summed E-state index contributed by atoms with van der Waals surface area (Å²) in [5.41, 5.74) is 0.388. The van der Waals surface area contributed by atoms with Crippen LogP contribution < -0.4 is 10.1 Å². The van der Waals surface area contributed by atoms with Crippen LogP contribution in [0.5, 0.6) is 5.75 Å². The van der Waals surface area contributed by atoms with Crippen LogP contribution in [0.4, 0.5) is 11.4 Å². The summed E-state index contributed by atoms with van der Waals surface area (Å²) < 4.78 is 5.90. The summed E-state index contributed by atoms with van der Waals surface area (Å²) in [5.74, 6) is -0.00268. The van der Waals surface area contributed by atoms with Crippen LogP contribution in [0.15, 0.2) is 34.9 Å². The van der Waals surface area contributed by atoms with Gasteiger partial charge in [0.2, 0.25) is 0 Å². The number of hydrogen-bond donors (Lipinski definition) is 2. The van der Waals surface area contributed by atoms with Crippen molar-refractivity contribution in [1.82, 2.24) is 4.98 Å². The molecule has 8 heteroatoms. The fraction of sp³-hybridized carbons (Fsp3) is 0.0833. The molecule has 0 aliphatic rings. The lowest BCUT2D eigenvalue weighted by atomic mass is 10.3. The number of halogens is 1. The molecule has 0 aliphatic carbocycles. The molecule has 0 saturated heterocycles. The normalized spacial score (nSPS) is 10.1. The van der Waals surface area contributed by atoms with Crippen LogP contribution in [0.1, 0.15) is 10.5 Å². The molecule has 0 radical (unpaired) electrons. The maximum atomic E-state index is 12.0. The fourth-order valence-electron chi connectivity index (χ4n) is 1.59. The van der Waals surface area contributed by atoms with E-state index < -0.39 is 10.8 Å². The molecule has 104 valence electrons. The van der Waals surface area contributed by atoms with Crippen LogP contribution in [0.3, 0.4) is 0 Å². The first kappa shape index (κ1) is 14.1. The first-order valence-electron chi connectivity index (χ1n) is 5.49. The lowest BCUT2D eigenvalue weighted by Gasteiger charge is -2.09. The van der Waals surface area contributed by atoms with Crippen LogP contribution in [0, 0.1) is 10.1 Å². The number of carbonyl (C=O) groups is 1. The topological polar surface area (TPSA) is 97.3 Å². The zero-order valence-corrected chi connectivity index (χ0v) is 11.9. The predicted molar refractivity (Wildman–Crippen MR) is 76.1 cm³/mol. The van der Waals surface area contributed by atoms with Gasteiger partial charge in [-0.3, -0.25) is 14.9 Å². The molecule has 1 aromatic carbocycles. The van der Waals surface area contributed by atoms with E-state index in [2.05, 4.69) is 26.2 Å². The maximum absolute atomic E-state index is 12.0. The molecule has 0 unspecified atom stereocenters. The molecule has 0 bridgehead atoms. The molecular weight excluding hydrogens is 330 g/mol. The molecule has 1 amide bonds. The van der Waals surface area contributed by atoms with Crippen molar-refractivity contribution in [3.8, 4) is 5.75 Å². The van der Waals surface area contributed by atoms with Gasteiger partial charge in [0.1, 0.15) is 11.4 Å². The van der Waals surface area contributed by atoms with Gasteiger partial charge < -0.3 is 15.0 Å². The number of benzene rings is 1. The Morgan fingerprint density at radius 3 is 2.80 bits per heavy atom. The van der Waals surface area contributed by atoms with Gasteiger partial charge in [0.15, 0.2) is 0 Å². The minimum atomic E-state index is -0.576. The van der Waals surface area contributed by atoms with Gasteiger partial charge in [0.05, 0.1) is 23.9 Å². The van der Waals surface area contributed by atoms with Crippen molar-refractivity contribution in [2.45, 2.75) is 0 Å². The molecule has 0 atom stereocenters. The predicted octanol–water partition coefficient (Wildman–Crippen LogP) is 2.95. The number of nitrogens with zero attached hydrogens (tertiary/aromatic N) is 1. The molecule has 2 aromatic rings. The molecule has 2 rings (SSSR count). The number of H-pyrrole nitrogens is 1. The Morgan fingerprint density at radius 2 is 2.20 bits per heavy atom. The largest absolute Gasteiger partial charge is 0.495 e. The number of anilines is 1. The zero-order valence-electron chi connectivity index (χ0n) is 10.3. The number of amides is 1. The average molecular weight is 340 g/mol. The summed E-state index contributed by atoms with van der Waals surface area (Å²) >= 11 is 3.29. The highest BCUT2D eigenvalue weighted by molar-refractivity contribution is 9.10. The third kappa shape index (κ3) is 2.97. The number of nitro groups is 1. The first-order chi connectivity index (χ1) is 9.51. The lowest BCUT2D eigenvalue weighted by Crippen LogP contribution is -2.13. The van der Waals surface area contributed by atoms with Gasteiger partial charge in [-0.1, -0.05) is 15.9 Å². The Balaban J connectivity index is 2.22. The Morgan fingerprint density at radius 1 is 1.45 bits per heavy atom. The monoisotopic (exact) mass is 339 g/mol. The van der Waals surface area contributed by atoms with E-state index in [0.29, 0.717) is 11.4 Å². The van der Waals surface area contributed by atoms with E-state index in [0.717, 1.165) is 10.7 Å². The number of rotatable bonds is 4. The molecule has 0 aliphatic heterocycles. The number of aromatic amines is 1. The summed E-state index contributed by atoms with van der Waals surface area (Å²) in [7, 11) is 1.48. The molecular formula is C12H10BrN3O4. The quantitative estimate of drug-likeness (QED) is 0.660. The number of carbonyl (C=O) groups excluding carboxylic acids is 1. The number of nitrogens with one attached hydrogen (secondary N) is 2. The van der Waals surface area contributed by atoms with Gasteiger partial charge in [0.25, 0.3) is 11.6 Å². The van der Waals surface area contributed by atoms with Crippen LogP contribution in [-0.2, 0) is 0 Å². The Labute approximate surface area is 122 Å². The Bertz CT molecular complexity index is 668. The van der Waals surface area contributed by atoms with Crippen LogP contribution >= 0.6 is 15.9 Å². The molecule has 0 saturated carbocycles. The summed E-state index contributed by atoms with van der Waals surface area (Å²) in [6.07, 6.45) is 1.16. The highest BCUT2D eigenvalue weighted by Gasteiger charge is 2.16. The van der Waals surface area contributed by atoms with Gasteiger partial charge in [-0.05, 0) is 18.2 Å². The van der Waals surface area contributed by atoms with E-state index >= 15 is 0 Å². The molecule has 1 aromatic heterocycles. The Kier molecular flexibility index (Phi) is 4.04.